The van der Waals surface area contributed by atoms with Gasteiger partial charge in [-0.05, 0) is 24.7 Å². The highest BCUT2D eigenvalue weighted by atomic mass is 16.7. The summed E-state index contributed by atoms with van der Waals surface area (Å²) >= 11 is 0. The quantitative estimate of drug-likeness (QED) is 0.610. The second kappa shape index (κ2) is 6.95. The minimum Gasteiger partial charge on any atom is -0.480 e. The van der Waals surface area contributed by atoms with Gasteiger partial charge in [0.25, 0.3) is 0 Å². The van der Waals surface area contributed by atoms with E-state index >= 15 is 0 Å². The highest BCUT2D eigenvalue weighted by Gasteiger charge is 2.25. The fourth-order valence-electron chi connectivity index (χ4n) is 1.50. The largest absolute Gasteiger partial charge is 0.480 e. The number of rotatable bonds is 7. The molecule has 0 saturated carbocycles. The van der Waals surface area contributed by atoms with Gasteiger partial charge in [0.15, 0.2) is 6.79 Å². The van der Waals surface area contributed by atoms with Crippen LogP contribution >= 0.6 is 0 Å². The van der Waals surface area contributed by atoms with Crippen LogP contribution in [-0.4, -0.2) is 43.2 Å². The van der Waals surface area contributed by atoms with E-state index in [1.165, 1.54) is 14.2 Å². The van der Waals surface area contributed by atoms with Crippen molar-refractivity contribution in [1.29, 1.82) is 0 Å². The van der Waals surface area contributed by atoms with Crippen LogP contribution in [0, 0.1) is 0 Å². The maximum Gasteiger partial charge on any atom is 0.323 e. The minimum atomic E-state index is -1.12. The van der Waals surface area contributed by atoms with Crippen LogP contribution in [0.25, 0.3) is 0 Å². The zero-order chi connectivity index (χ0) is 13.5. The highest BCUT2D eigenvalue weighted by Crippen LogP contribution is 2.20. The molecule has 1 unspecified atom stereocenters. The molecule has 0 aromatic heterocycles. The van der Waals surface area contributed by atoms with E-state index in [0.29, 0.717) is 11.3 Å². The van der Waals surface area contributed by atoms with Crippen LogP contribution in [0.5, 0.6) is 5.75 Å². The van der Waals surface area contributed by atoms with Crippen molar-refractivity contribution in [3.63, 3.8) is 0 Å². The number of carbonyl (C=O) groups is 1. The van der Waals surface area contributed by atoms with Crippen molar-refractivity contribution in [3.05, 3.63) is 29.8 Å². The predicted octanol–water partition coefficient (Wildman–Crippen LogP) is 0.375. The number of carboxylic acid groups (broad SMARTS) is 1. The number of methoxy groups -OCH3 is 1. The molecule has 1 rings (SSSR count). The average Bonchev–Trinajstić information content (AvgIpc) is 2.37. The third-order valence-electron chi connectivity index (χ3n) is 2.46. The number of likely N-dealkylation sites (N-methyl/N-ethyl adjacent to an activating group) is 1. The number of benzene rings is 1. The summed E-state index contributed by atoms with van der Waals surface area (Å²) in [7, 11) is 3.00. The number of ether oxygens (including phenoxy) is 2. The van der Waals surface area contributed by atoms with E-state index in [1.807, 2.05) is 0 Å². The Hall–Kier alpha value is -1.63. The molecule has 1 aromatic carbocycles. The molecule has 18 heavy (non-hydrogen) atoms. The Morgan fingerprint density at radius 3 is 2.44 bits per heavy atom. The van der Waals surface area contributed by atoms with Crippen molar-refractivity contribution in [1.82, 2.24) is 5.32 Å². The molecule has 0 heterocycles. The molecule has 0 spiro atoms. The van der Waals surface area contributed by atoms with Gasteiger partial charge in [-0.2, -0.15) is 0 Å². The molecule has 100 valence electrons. The molecule has 6 nitrogen and oxygen atoms in total. The Kier molecular flexibility index (Phi) is 5.57. The normalized spacial score (nSPS) is 13.9. The lowest BCUT2D eigenvalue weighted by molar-refractivity contribution is -0.142. The van der Waals surface area contributed by atoms with Gasteiger partial charge in [-0.25, -0.2) is 0 Å². The van der Waals surface area contributed by atoms with E-state index in [0.717, 1.165) is 0 Å². The van der Waals surface area contributed by atoms with E-state index < -0.39 is 18.1 Å². The Morgan fingerprint density at radius 1 is 1.39 bits per heavy atom. The summed E-state index contributed by atoms with van der Waals surface area (Å²) in [5, 5.41) is 21.4. The summed E-state index contributed by atoms with van der Waals surface area (Å²) in [6, 6.07) is 5.47. The Bertz CT molecular complexity index is 379. The second-order valence-corrected chi connectivity index (χ2v) is 3.67. The predicted molar refractivity (Wildman–Crippen MR) is 64.4 cm³/mol. The first-order chi connectivity index (χ1) is 8.60. The first kappa shape index (κ1) is 14.4. The second-order valence-electron chi connectivity index (χ2n) is 3.67. The van der Waals surface area contributed by atoms with E-state index in [-0.39, 0.29) is 6.79 Å². The summed E-state index contributed by atoms with van der Waals surface area (Å²) in [6.45, 7) is 0.135. The molecule has 3 N–H and O–H groups in total. The van der Waals surface area contributed by atoms with Gasteiger partial charge in [-0.15, -0.1) is 0 Å². The fraction of sp³-hybridized carbons (Fsp3) is 0.417. The first-order valence-electron chi connectivity index (χ1n) is 5.40. The van der Waals surface area contributed by atoms with Crippen molar-refractivity contribution < 1.29 is 24.5 Å². The van der Waals surface area contributed by atoms with Crippen molar-refractivity contribution in [3.8, 4) is 5.75 Å². The van der Waals surface area contributed by atoms with Gasteiger partial charge < -0.3 is 25.0 Å². The van der Waals surface area contributed by atoms with Crippen LogP contribution < -0.4 is 10.1 Å². The van der Waals surface area contributed by atoms with E-state index in [2.05, 4.69) is 5.32 Å². The van der Waals surface area contributed by atoms with Crippen molar-refractivity contribution in [2.45, 2.75) is 12.1 Å². The molecule has 1 aromatic rings. The van der Waals surface area contributed by atoms with Gasteiger partial charge in [-0.3, -0.25) is 4.79 Å². The fourth-order valence-corrected chi connectivity index (χ4v) is 1.50. The maximum atomic E-state index is 10.9. The van der Waals surface area contributed by atoms with Gasteiger partial charge in [0.05, 0.1) is 0 Å². The maximum absolute atomic E-state index is 10.9. The topological polar surface area (TPSA) is 88.0 Å². The summed E-state index contributed by atoms with van der Waals surface area (Å²) in [6.07, 6.45) is -1.12. The van der Waals surface area contributed by atoms with Gasteiger partial charge in [0, 0.05) is 7.11 Å². The molecule has 6 heteroatoms. The standard InChI is InChI=1S/C12H17NO5/c1-13-10(12(15)16)11(14)8-3-5-9(6-4-8)18-7-17-2/h3-6,10-11,13-14H,7H2,1-2H3,(H,15,16)/t10-,11?/m0/s1. The van der Waals surface area contributed by atoms with Gasteiger partial charge >= 0.3 is 5.97 Å². The molecule has 0 bridgehead atoms. The zero-order valence-electron chi connectivity index (χ0n) is 10.3. The van der Waals surface area contributed by atoms with Crippen LogP contribution in [0.1, 0.15) is 11.7 Å². The van der Waals surface area contributed by atoms with Crippen LogP contribution in [0.3, 0.4) is 0 Å². The third-order valence-corrected chi connectivity index (χ3v) is 2.46. The van der Waals surface area contributed by atoms with E-state index in [1.54, 1.807) is 24.3 Å². The molecule has 2 atom stereocenters. The minimum absolute atomic E-state index is 0.135. The SMILES string of the molecule is CN[C@H](C(=O)O)C(O)c1ccc(OCOC)cc1. The smallest absolute Gasteiger partial charge is 0.323 e. The lowest BCUT2D eigenvalue weighted by atomic mass is 10.0. The van der Waals surface area contributed by atoms with Gasteiger partial charge in [-0.1, -0.05) is 12.1 Å². The summed E-state index contributed by atoms with van der Waals surface area (Å²) in [5.74, 6) is -0.520. The van der Waals surface area contributed by atoms with Crippen LogP contribution in [-0.2, 0) is 9.53 Å². The number of aliphatic carboxylic acids is 1. The monoisotopic (exact) mass is 255 g/mol. The molecule has 0 saturated heterocycles. The molecule has 0 aliphatic heterocycles. The molecular weight excluding hydrogens is 238 g/mol. The number of carboxylic acids is 1. The average molecular weight is 255 g/mol. The van der Waals surface area contributed by atoms with Crippen molar-refractivity contribution >= 4 is 5.97 Å². The number of hydrogen-bond donors (Lipinski definition) is 3. The summed E-state index contributed by atoms with van der Waals surface area (Å²) in [4.78, 5) is 10.9. The van der Waals surface area contributed by atoms with Gasteiger partial charge in [0.2, 0.25) is 0 Å². The third kappa shape index (κ3) is 3.69. The Morgan fingerprint density at radius 2 is 2.00 bits per heavy atom. The zero-order valence-corrected chi connectivity index (χ0v) is 10.3. The molecular formula is C12H17NO5. The molecule has 0 radical (unpaired) electrons. The molecule has 0 aliphatic carbocycles. The molecule has 0 aliphatic rings. The Balaban J connectivity index is 2.74. The van der Waals surface area contributed by atoms with E-state index in [4.69, 9.17) is 14.6 Å². The van der Waals surface area contributed by atoms with Crippen molar-refractivity contribution in [2.24, 2.45) is 0 Å². The van der Waals surface area contributed by atoms with Crippen LogP contribution in [0.4, 0.5) is 0 Å². The molecule has 0 fully saturated rings. The van der Waals surface area contributed by atoms with Crippen molar-refractivity contribution in [2.75, 3.05) is 21.0 Å². The lowest BCUT2D eigenvalue weighted by Crippen LogP contribution is -2.39. The Labute approximate surface area is 105 Å². The first-order valence-corrected chi connectivity index (χ1v) is 5.40. The highest BCUT2D eigenvalue weighted by molar-refractivity contribution is 5.74. The number of aliphatic hydroxyl groups is 1. The summed E-state index contributed by atoms with van der Waals surface area (Å²) < 4.78 is 9.94. The van der Waals surface area contributed by atoms with E-state index in [9.17, 15) is 9.90 Å². The van der Waals surface area contributed by atoms with Crippen LogP contribution in [0.2, 0.25) is 0 Å². The lowest BCUT2D eigenvalue weighted by Gasteiger charge is -2.18. The number of hydrogen-bond acceptors (Lipinski definition) is 5. The summed E-state index contributed by atoms with van der Waals surface area (Å²) in [5.41, 5.74) is 0.501. The molecule has 0 amide bonds. The van der Waals surface area contributed by atoms with Gasteiger partial charge in [0.1, 0.15) is 17.9 Å². The number of aliphatic hydroxyl groups excluding tert-OH is 1. The number of nitrogens with one attached hydrogen (secondary N) is 1. The van der Waals surface area contributed by atoms with Crippen LogP contribution in [0.15, 0.2) is 24.3 Å².